The van der Waals surface area contributed by atoms with Crippen LogP contribution < -0.4 is 0 Å². The number of hydrogen-bond donors (Lipinski definition) is 0. The fourth-order valence-corrected chi connectivity index (χ4v) is 3.23. The van der Waals surface area contributed by atoms with Crippen LogP contribution in [0, 0.1) is 59.7 Å². The highest BCUT2D eigenvalue weighted by molar-refractivity contribution is 5.93. The van der Waals surface area contributed by atoms with Crippen LogP contribution in [0.2, 0.25) is 0 Å². The van der Waals surface area contributed by atoms with E-state index in [1.807, 2.05) is 0 Å². The van der Waals surface area contributed by atoms with E-state index >= 15 is 0 Å². The van der Waals surface area contributed by atoms with Crippen molar-refractivity contribution in [2.24, 2.45) is 0 Å². The smallest absolute Gasteiger partial charge is 0.194 e. The van der Waals surface area contributed by atoms with E-state index in [1.165, 1.54) is 12.1 Å². The lowest BCUT2D eigenvalue weighted by Gasteiger charge is -2.04. The largest absolute Gasteiger partial charge is 0.206 e. The van der Waals surface area contributed by atoms with Gasteiger partial charge >= 0.3 is 0 Å². The molecule has 0 nitrogen and oxygen atoms in total. The van der Waals surface area contributed by atoms with Crippen molar-refractivity contribution in [2.45, 2.75) is 6.92 Å². The van der Waals surface area contributed by atoms with E-state index in [0.717, 1.165) is 12.1 Å². The SMILES string of the molecule is Cc1cc(F)c(C#Cc2ccc(C#Cc3cc(F)c(F)c(F)c3)c3ccccc23)c(F)c1. The van der Waals surface area contributed by atoms with Crippen LogP contribution in [0.25, 0.3) is 10.8 Å². The highest BCUT2D eigenvalue weighted by Crippen LogP contribution is 2.23. The Hall–Kier alpha value is -4.09. The summed E-state index contributed by atoms with van der Waals surface area (Å²) in [5.41, 5.74) is 1.21. The normalized spacial score (nSPS) is 10.3. The lowest BCUT2D eigenvalue weighted by Crippen LogP contribution is -1.92. The molecular weight excluding hydrogens is 419 g/mol. The predicted octanol–water partition coefficient (Wildman–Crippen LogP) is 6.64. The molecule has 0 radical (unpaired) electrons. The van der Waals surface area contributed by atoms with Crippen LogP contribution in [0.4, 0.5) is 22.0 Å². The third-order valence-corrected chi connectivity index (χ3v) is 4.76. The molecule has 4 aromatic carbocycles. The lowest BCUT2D eigenvalue weighted by molar-refractivity contribution is 0.446. The maximum absolute atomic E-state index is 14.1. The fourth-order valence-electron chi connectivity index (χ4n) is 3.23. The minimum atomic E-state index is -1.55. The molecule has 0 spiro atoms. The Morgan fingerprint density at radius 3 is 1.59 bits per heavy atom. The van der Waals surface area contributed by atoms with E-state index in [-0.39, 0.29) is 11.1 Å². The first kappa shape index (κ1) is 21.2. The average Bonchev–Trinajstić information content (AvgIpc) is 2.75. The summed E-state index contributed by atoms with van der Waals surface area (Å²) in [7, 11) is 0. The van der Waals surface area contributed by atoms with Crippen molar-refractivity contribution in [3.63, 3.8) is 0 Å². The van der Waals surface area contributed by atoms with Gasteiger partial charge in [0.1, 0.15) is 11.6 Å². The third-order valence-electron chi connectivity index (χ3n) is 4.76. The highest BCUT2D eigenvalue weighted by Gasteiger charge is 2.10. The third kappa shape index (κ3) is 4.19. The van der Waals surface area contributed by atoms with Gasteiger partial charge in [0.05, 0.1) is 5.56 Å². The van der Waals surface area contributed by atoms with Gasteiger partial charge in [0, 0.05) is 16.7 Å². The number of halogens is 5. The molecule has 0 saturated heterocycles. The van der Waals surface area contributed by atoms with Gasteiger partial charge in [0.25, 0.3) is 0 Å². The number of hydrogen-bond acceptors (Lipinski definition) is 0. The maximum atomic E-state index is 14.1. The lowest BCUT2D eigenvalue weighted by atomic mass is 9.99. The first-order valence-electron chi connectivity index (χ1n) is 9.49. The molecule has 0 atom stereocenters. The quantitative estimate of drug-likeness (QED) is 0.166. The van der Waals surface area contributed by atoms with Crippen molar-refractivity contribution in [2.75, 3.05) is 0 Å². The predicted molar refractivity (Wildman–Crippen MR) is 113 cm³/mol. The summed E-state index contributed by atoms with van der Waals surface area (Å²) in [5, 5.41) is 1.39. The highest BCUT2D eigenvalue weighted by atomic mass is 19.2. The Balaban J connectivity index is 1.78. The summed E-state index contributed by atoms with van der Waals surface area (Å²) in [4.78, 5) is 0. The van der Waals surface area contributed by atoms with Gasteiger partial charge in [-0.05, 0) is 59.7 Å². The Morgan fingerprint density at radius 1 is 0.562 bits per heavy atom. The zero-order valence-electron chi connectivity index (χ0n) is 16.7. The van der Waals surface area contributed by atoms with E-state index in [1.54, 1.807) is 43.3 Å². The monoisotopic (exact) mass is 432 g/mol. The number of fused-ring (bicyclic) bond motifs is 1. The zero-order chi connectivity index (χ0) is 22.8. The Labute approximate surface area is 181 Å². The van der Waals surface area contributed by atoms with Gasteiger partial charge in [-0.15, -0.1) is 0 Å². The molecule has 0 aliphatic heterocycles. The molecule has 0 aliphatic carbocycles. The molecule has 0 aliphatic rings. The van der Waals surface area contributed by atoms with Crippen molar-refractivity contribution >= 4 is 10.8 Å². The first-order chi connectivity index (χ1) is 15.3. The summed E-state index contributed by atoms with van der Waals surface area (Å²) in [5.74, 6) is 5.16. The van der Waals surface area contributed by atoms with E-state index in [9.17, 15) is 22.0 Å². The summed E-state index contributed by atoms with van der Waals surface area (Å²) in [6.45, 7) is 1.59. The van der Waals surface area contributed by atoms with Gasteiger partial charge in [-0.2, -0.15) is 0 Å². The van der Waals surface area contributed by atoms with E-state index < -0.39 is 29.1 Å². The molecule has 0 heterocycles. The second-order valence-electron chi connectivity index (χ2n) is 7.06. The van der Waals surface area contributed by atoms with Gasteiger partial charge in [0.2, 0.25) is 0 Å². The van der Waals surface area contributed by atoms with Gasteiger partial charge in [0.15, 0.2) is 17.5 Å². The first-order valence-corrected chi connectivity index (χ1v) is 9.49. The maximum Gasteiger partial charge on any atom is 0.194 e. The van der Waals surface area contributed by atoms with Gasteiger partial charge in [-0.3, -0.25) is 0 Å². The molecular formula is C27H13F5. The van der Waals surface area contributed by atoms with E-state index in [0.29, 0.717) is 27.5 Å². The average molecular weight is 432 g/mol. The van der Waals surface area contributed by atoms with Crippen LogP contribution in [0.1, 0.15) is 27.8 Å². The molecule has 0 unspecified atom stereocenters. The second-order valence-corrected chi connectivity index (χ2v) is 7.06. The van der Waals surface area contributed by atoms with E-state index in [2.05, 4.69) is 23.7 Å². The minimum absolute atomic E-state index is 0.0142. The molecule has 32 heavy (non-hydrogen) atoms. The van der Waals surface area contributed by atoms with Crippen LogP contribution in [0.15, 0.2) is 60.7 Å². The molecule has 0 saturated carbocycles. The Morgan fingerprint density at radius 2 is 1.06 bits per heavy atom. The van der Waals surface area contributed by atoms with Crippen LogP contribution in [-0.2, 0) is 0 Å². The molecule has 0 N–H and O–H groups in total. The molecule has 0 fully saturated rings. The van der Waals surface area contributed by atoms with Crippen molar-refractivity contribution in [3.05, 3.63) is 118 Å². The molecule has 0 aromatic heterocycles. The molecule has 5 heteroatoms. The summed E-state index contributed by atoms with van der Waals surface area (Å²) in [6, 6.07) is 14.5. The molecule has 0 bridgehead atoms. The zero-order valence-corrected chi connectivity index (χ0v) is 16.7. The minimum Gasteiger partial charge on any atom is -0.206 e. The number of aryl methyl sites for hydroxylation is 1. The molecule has 0 amide bonds. The topological polar surface area (TPSA) is 0 Å². The molecule has 156 valence electrons. The summed E-state index contributed by atoms with van der Waals surface area (Å²) in [6.07, 6.45) is 0. The van der Waals surface area contributed by atoms with Crippen molar-refractivity contribution in [1.82, 2.24) is 0 Å². The molecule has 4 aromatic rings. The Bertz CT molecular complexity index is 1450. The molecule has 4 rings (SSSR count). The summed E-state index contributed by atoms with van der Waals surface area (Å²) >= 11 is 0. The summed E-state index contributed by atoms with van der Waals surface area (Å²) < 4.78 is 68.2. The van der Waals surface area contributed by atoms with Gasteiger partial charge in [-0.1, -0.05) is 47.9 Å². The van der Waals surface area contributed by atoms with Gasteiger partial charge < -0.3 is 0 Å². The van der Waals surface area contributed by atoms with Crippen LogP contribution >= 0.6 is 0 Å². The number of rotatable bonds is 0. The fraction of sp³-hybridized carbons (Fsp3) is 0.0370. The Kier molecular flexibility index (Phi) is 5.67. The standard InChI is InChI=1S/C27H13F5/c1-16-12-23(28)22(24(29)13-16)11-10-19-9-8-18(20-4-2-3-5-21(19)20)7-6-17-14-25(30)27(32)26(31)15-17/h2-5,8-9,12-15H,1H3. The van der Waals surface area contributed by atoms with Gasteiger partial charge in [-0.25, -0.2) is 22.0 Å². The second kappa shape index (κ2) is 8.57. The van der Waals surface area contributed by atoms with Crippen molar-refractivity contribution < 1.29 is 22.0 Å². The van der Waals surface area contributed by atoms with Crippen molar-refractivity contribution in [1.29, 1.82) is 0 Å². The number of benzene rings is 4. The van der Waals surface area contributed by atoms with E-state index in [4.69, 9.17) is 0 Å². The van der Waals surface area contributed by atoms with Crippen molar-refractivity contribution in [3.8, 4) is 23.7 Å². The van der Waals surface area contributed by atoms with Crippen LogP contribution in [-0.4, -0.2) is 0 Å². The van der Waals surface area contributed by atoms with Crippen LogP contribution in [0.5, 0.6) is 0 Å². The van der Waals surface area contributed by atoms with Crippen LogP contribution in [0.3, 0.4) is 0 Å².